The summed E-state index contributed by atoms with van der Waals surface area (Å²) in [7, 11) is 2.06. The summed E-state index contributed by atoms with van der Waals surface area (Å²) >= 11 is 0. The van der Waals surface area contributed by atoms with Crippen molar-refractivity contribution in [3.63, 3.8) is 0 Å². The van der Waals surface area contributed by atoms with Crippen LogP contribution in [0.2, 0.25) is 0 Å². The zero-order chi connectivity index (χ0) is 20.7. The molecule has 1 aromatic carbocycles. The van der Waals surface area contributed by atoms with Gasteiger partial charge in [0, 0.05) is 17.5 Å². The lowest BCUT2D eigenvalue weighted by Crippen LogP contribution is -2.49. The van der Waals surface area contributed by atoms with E-state index in [4.69, 9.17) is 0 Å². The maximum absolute atomic E-state index is 11.6. The molecule has 160 valence electrons. The molecule has 0 aromatic heterocycles. The molecule has 2 N–H and O–H groups in total. The number of carbonyl (C=O) groups excluding carboxylic acids is 1. The smallest absolute Gasteiger partial charge is 0.125 e. The highest BCUT2D eigenvalue weighted by Gasteiger charge is 2.53. The summed E-state index contributed by atoms with van der Waals surface area (Å²) in [4.78, 5) is 11.6. The van der Waals surface area contributed by atoms with E-state index >= 15 is 0 Å². The number of hydrogen-bond acceptors (Lipinski definition) is 3. The van der Waals surface area contributed by atoms with Crippen LogP contribution in [-0.4, -0.2) is 32.0 Å². The van der Waals surface area contributed by atoms with Gasteiger partial charge in [0.15, 0.2) is 0 Å². The van der Waals surface area contributed by atoms with E-state index in [2.05, 4.69) is 68.8 Å². The molecule has 0 radical (unpaired) electrons. The molecule has 0 spiro atoms. The minimum absolute atomic E-state index is 0.130. The third-order valence-electron chi connectivity index (χ3n) is 8.21. The van der Waals surface area contributed by atoms with Gasteiger partial charge >= 0.3 is 0 Å². The van der Waals surface area contributed by atoms with Crippen LogP contribution in [-0.2, 0) is 10.2 Å². The SMILES string of the molecule is CC1(C)CC2CC(C)(C=O)CC(c3ccccc3)(C2)C1.CNC1CC2CNC1C2. The summed E-state index contributed by atoms with van der Waals surface area (Å²) < 4.78 is 0. The van der Waals surface area contributed by atoms with Gasteiger partial charge in [-0.3, -0.25) is 0 Å². The number of benzene rings is 1. The van der Waals surface area contributed by atoms with Gasteiger partial charge in [0.1, 0.15) is 6.29 Å². The number of carbonyl (C=O) groups is 1. The molecule has 4 aliphatic rings. The molecule has 5 rings (SSSR count). The van der Waals surface area contributed by atoms with E-state index in [0.717, 1.165) is 30.8 Å². The second-order valence-electron chi connectivity index (χ2n) is 11.7. The molecule has 4 bridgehead atoms. The standard InChI is InChI=1S/C19H26O.C7H14N2/c1-17(2)9-15-10-18(3,14-20)13-19(11-15,12-17)16-7-5-4-6-8-16;1-8-6-2-5-3-7(6)9-4-5/h4-8,14-15H,9-13H2,1-3H3;5-9H,2-4H2,1H3. The number of piperidine rings is 1. The van der Waals surface area contributed by atoms with Gasteiger partial charge in [0.25, 0.3) is 0 Å². The van der Waals surface area contributed by atoms with Gasteiger partial charge in [-0.2, -0.15) is 0 Å². The zero-order valence-corrected chi connectivity index (χ0v) is 18.8. The fraction of sp³-hybridized carbons (Fsp3) is 0.731. The fourth-order valence-corrected chi connectivity index (χ4v) is 7.63. The molecule has 0 amide bonds. The maximum Gasteiger partial charge on any atom is 0.125 e. The topological polar surface area (TPSA) is 41.1 Å². The fourth-order valence-electron chi connectivity index (χ4n) is 7.63. The van der Waals surface area contributed by atoms with E-state index in [1.54, 1.807) is 0 Å². The monoisotopic (exact) mass is 396 g/mol. The van der Waals surface area contributed by atoms with Gasteiger partial charge in [-0.15, -0.1) is 0 Å². The molecule has 3 saturated carbocycles. The van der Waals surface area contributed by atoms with Gasteiger partial charge in [-0.25, -0.2) is 0 Å². The Morgan fingerprint density at radius 3 is 2.31 bits per heavy atom. The van der Waals surface area contributed by atoms with Crippen molar-refractivity contribution in [3.05, 3.63) is 35.9 Å². The van der Waals surface area contributed by atoms with E-state index in [0.29, 0.717) is 11.3 Å². The first-order valence-electron chi connectivity index (χ1n) is 11.7. The molecule has 6 atom stereocenters. The quantitative estimate of drug-likeness (QED) is 0.727. The molecule has 3 aliphatic carbocycles. The van der Waals surface area contributed by atoms with E-state index in [1.807, 2.05) is 0 Å². The van der Waals surface area contributed by atoms with Crippen LogP contribution in [0.3, 0.4) is 0 Å². The third kappa shape index (κ3) is 4.32. The Balaban J connectivity index is 0.000000188. The highest BCUT2D eigenvalue weighted by Crippen LogP contribution is 2.60. The lowest BCUT2D eigenvalue weighted by atomic mass is 9.48. The van der Waals surface area contributed by atoms with Gasteiger partial charge in [0.05, 0.1) is 0 Å². The summed E-state index contributed by atoms with van der Waals surface area (Å²) in [6.45, 7) is 8.24. The van der Waals surface area contributed by atoms with Crippen molar-refractivity contribution in [1.29, 1.82) is 0 Å². The predicted molar refractivity (Wildman–Crippen MR) is 120 cm³/mol. The molecule has 1 aromatic rings. The lowest BCUT2D eigenvalue weighted by Gasteiger charge is -2.56. The molecule has 4 fully saturated rings. The molecular formula is C26H40N2O. The predicted octanol–water partition coefficient (Wildman–Crippen LogP) is 4.71. The number of fused-ring (bicyclic) bond motifs is 4. The highest BCUT2D eigenvalue weighted by molar-refractivity contribution is 5.60. The second-order valence-corrected chi connectivity index (χ2v) is 11.7. The van der Waals surface area contributed by atoms with Crippen molar-refractivity contribution in [2.45, 2.75) is 83.2 Å². The van der Waals surface area contributed by atoms with Crippen molar-refractivity contribution in [3.8, 4) is 0 Å². The number of hydrogen-bond donors (Lipinski definition) is 2. The number of likely N-dealkylation sites (N-methyl/N-ethyl adjacent to an activating group) is 1. The Labute approximate surface area is 177 Å². The average Bonchev–Trinajstić information content (AvgIpc) is 3.30. The minimum atomic E-state index is -0.130. The first-order valence-corrected chi connectivity index (χ1v) is 11.7. The Hall–Kier alpha value is -1.19. The summed E-state index contributed by atoms with van der Waals surface area (Å²) in [5, 5.41) is 6.83. The van der Waals surface area contributed by atoms with Crippen LogP contribution >= 0.6 is 0 Å². The summed E-state index contributed by atoms with van der Waals surface area (Å²) in [5.74, 6) is 1.68. The molecule has 1 aliphatic heterocycles. The second kappa shape index (κ2) is 7.81. The molecule has 29 heavy (non-hydrogen) atoms. The molecular weight excluding hydrogens is 356 g/mol. The van der Waals surface area contributed by atoms with Crippen LogP contribution in [0.4, 0.5) is 0 Å². The Kier molecular flexibility index (Phi) is 5.67. The van der Waals surface area contributed by atoms with Gasteiger partial charge < -0.3 is 15.4 Å². The van der Waals surface area contributed by atoms with E-state index in [9.17, 15) is 4.79 Å². The first kappa shape index (κ1) is 21.1. The summed E-state index contributed by atoms with van der Waals surface area (Å²) in [5.41, 5.74) is 1.92. The minimum Gasteiger partial charge on any atom is -0.315 e. The third-order valence-corrected chi connectivity index (χ3v) is 8.21. The molecule has 6 unspecified atom stereocenters. The Bertz CT molecular complexity index is 717. The van der Waals surface area contributed by atoms with Crippen molar-refractivity contribution in [2.24, 2.45) is 22.7 Å². The normalized spacial score (nSPS) is 42.1. The van der Waals surface area contributed by atoms with Crippen molar-refractivity contribution in [2.75, 3.05) is 13.6 Å². The van der Waals surface area contributed by atoms with Crippen molar-refractivity contribution >= 4 is 6.29 Å². The highest BCUT2D eigenvalue weighted by atomic mass is 16.1. The van der Waals surface area contributed by atoms with Gasteiger partial charge in [0.2, 0.25) is 0 Å². The summed E-state index contributed by atoms with van der Waals surface area (Å²) in [6.07, 6.45) is 9.88. The lowest BCUT2D eigenvalue weighted by molar-refractivity contribution is -0.122. The average molecular weight is 397 g/mol. The largest absolute Gasteiger partial charge is 0.315 e. The number of rotatable bonds is 3. The van der Waals surface area contributed by atoms with Gasteiger partial charge in [-0.1, -0.05) is 51.1 Å². The van der Waals surface area contributed by atoms with Crippen molar-refractivity contribution < 1.29 is 4.79 Å². The molecule has 3 nitrogen and oxygen atoms in total. The van der Waals surface area contributed by atoms with Gasteiger partial charge in [-0.05, 0) is 86.8 Å². The van der Waals surface area contributed by atoms with Crippen LogP contribution in [0.15, 0.2) is 30.3 Å². The molecule has 1 heterocycles. The molecule has 3 heteroatoms. The van der Waals surface area contributed by atoms with Crippen LogP contribution in [0.5, 0.6) is 0 Å². The van der Waals surface area contributed by atoms with Crippen LogP contribution in [0, 0.1) is 22.7 Å². The van der Waals surface area contributed by atoms with E-state index in [-0.39, 0.29) is 10.8 Å². The van der Waals surface area contributed by atoms with Crippen LogP contribution in [0.25, 0.3) is 0 Å². The van der Waals surface area contributed by atoms with Crippen LogP contribution < -0.4 is 10.6 Å². The number of aldehydes is 1. The molecule has 1 saturated heterocycles. The summed E-state index contributed by atoms with van der Waals surface area (Å²) in [6, 6.07) is 12.5. The first-order chi connectivity index (χ1) is 13.8. The Morgan fingerprint density at radius 2 is 1.76 bits per heavy atom. The van der Waals surface area contributed by atoms with Crippen molar-refractivity contribution in [1.82, 2.24) is 10.6 Å². The number of nitrogens with one attached hydrogen (secondary N) is 2. The van der Waals surface area contributed by atoms with Crippen LogP contribution in [0.1, 0.15) is 71.3 Å². The maximum atomic E-state index is 11.6. The van der Waals surface area contributed by atoms with E-state index < -0.39 is 0 Å². The zero-order valence-electron chi connectivity index (χ0n) is 18.8. The Morgan fingerprint density at radius 1 is 1.00 bits per heavy atom. The van der Waals surface area contributed by atoms with E-state index in [1.165, 1.54) is 50.5 Å².